The van der Waals surface area contributed by atoms with Crippen LogP contribution in [0.5, 0.6) is 0 Å². The second-order valence-corrected chi connectivity index (χ2v) is 6.28. The monoisotopic (exact) mass is 377 g/mol. The standard InChI is InChI=1S/C14H11BrCl3N/c15-11-6-8(16)4-5-9(11)14(19)7-10-12(17)2-1-3-13(10)18/h1-6,14H,7,19H2. The zero-order valence-electron chi connectivity index (χ0n) is 9.84. The van der Waals surface area contributed by atoms with Gasteiger partial charge in [0.15, 0.2) is 0 Å². The van der Waals surface area contributed by atoms with Crippen molar-refractivity contribution in [2.24, 2.45) is 5.73 Å². The second kappa shape index (κ2) is 6.47. The van der Waals surface area contributed by atoms with Crippen LogP contribution in [0.2, 0.25) is 15.1 Å². The Morgan fingerprint density at radius 2 is 1.68 bits per heavy atom. The summed E-state index contributed by atoms with van der Waals surface area (Å²) in [5.41, 5.74) is 8.06. The summed E-state index contributed by atoms with van der Waals surface area (Å²) in [6.07, 6.45) is 0.568. The van der Waals surface area contributed by atoms with Crippen LogP contribution in [0, 0.1) is 0 Å². The smallest absolute Gasteiger partial charge is 0.0453 e. The lowest BCUT2D eigenvalue weighted by Crippen LogP contribution is -2.14. The third-order valence-corrected chi connectivity index (χ3v) is 4.48. The van der Waals surface area contributed by atoms with E-state index in [0.717, 1.165) is 15.6 Å². The third-order valence-electron chi connectivity index (χ3n) is 2.85. The highest BCUT2D eigenvalue weighted by molar-refractivity contribution is 9.10. The van der Waals surface area contributed by atoms with Gasteiger partial charge in [-0.3, -0.25) is 0 Å². The van der Waals surface area contributed by atoms with Gasteiger partial charge in [0.25, 0.3) is 0 Å². The first kappa shape index (κ1) is 15.1. The van der Waals surface area contributed by atoms with E-state index in [9.17, 15) is 0 Å². The minimum absolute atomic E-state index is 0.205. The Labute approximate surface area is 135 Å². The molecule has 0 aromatic heterocycles. The van der Waals surface area contributed by atoms with Crippen molar-refractivity contribution < 1.29 is 0 Å². The fourth-order valence-corrected chi connectivity index (χ4v) is 3.39. The topological polar surface area (TPSA) is 26.0 Å². The minimum atomic E-state index is -0.205. The Kier molecular flexibility index (Phi) is 5.15. The maximum atomic E-state index is 6.23. The van der Waals surface area contributed by atoms with Crippen molar-refractivity contribution in [3.8, 4) is 0 Å². The summed E-state index contributed by atoms with van der Waals surface area (Å²) in [4.78, 5) is 0. The number of hydrogen-bond acceptors (Lipinski definition) is 1. The summed E-state index contributed by atoms with van der Waals surface area (Å²) < 4.78 is 0.885. The minimum Gasteiger partial charge on any atom is -0.324 e. The Hall–Kier alpha value is -0.250. The van der Waals surface area contributed by atoms with Crippen molar-refractivity contribution in [1.82, 2.24) is 0 Å². The van der Waals surface area contributed by atoms with E-state index in [1.54, 1.807) is 0 Å². The van der Waals surface area contributed by atoms with Gasteiger partial charge in [-0.1, -0.05) is 62.9 Å². The van der Waals surface area contributed by atoms with E-state index in [1.807, 2.05) is 36.4 Å². The molecule has 1 nitrogen and oxygen atoms in total. The van der Waals surface area contributed by atoms with E-state index in [4.69, 9.17) is 40.5 Å². The van der Waals surface area contributed by atoms with E-state index in [0.29, 0.717) is 21.5 Å². The van der Waals surface area contributed by atoms with Gasteiger partial charge in [0, 0.05) is 25.6 Å². The van der Waals surface area contributed by atoms with Gasteiger partial charge in [-0.05, 0) is 41.8 Å². The molecular formula is C14H11BrCl3N. The molecule has 19 heavy (non-hydrogen) atoms. The van der Waals surface area contributed by atoms with E-state index < -0.39 is 0 Å². The highest BCUT2D eigenvalue weighted by Gasteiger charge is 2.14. The average Bonchev–Trinajstić information content (AvgIpc) is 2.33. The van der Waals surface area contributed by atoms with Crippen LogP contribution in [-0.4, -0.2) is 0 Å². The lowest BCUT2D eigenvalue weighted by molar-refractivity contribution is 0.719. The van der Waals surface area contributed by atoms with Crippen molar-refractivity contribution in [3.63, 3.8) is 0 Å². The molecule has 100 valence electrons. The molecule has 0 aliphatic heterocycles. The molecule has 0 aliphatic carbocycles. The van der Waals surface area contributed by atoms with Gasteiger partial charge in [0.1, 0.15) is 0 Å². The molecule has 2 aromatic carbocycles. The van der Waals surface area contributed by atoms with Crippen LogP contribution in [0.3, 0.4) is 0 Å². The van der Waals surface area contributed by atoms with Crippen molar-refractivity contribution in [1.29, 1.82) is 0 Å². The van der Waals surface area contributed by atoms with Gasteiger partial charge in [0.05, 0.1) is 0 Å². The zero-order chi connectivity index (χ0) is 14.0. The van der Waals surface area contributed by atoms with Gasteiger partial charge in [-0.15, -0.1) is 0 Å². The molecular weight excluding hydrogens is 368 g/mol. The van der Waals surface area contributed by atoms with Gasteiger partial charge in [-0.25, -0.2) is 0 Å². The van der Waals surface area contributed by atoms with Crippen molar-refractivity contribution in [2.45, 2.75) is 12.5 Å². The van der Waals surface area contributed by atoms with Gasteiger partial charge in [-0.2, -0.15) is 0 Å². The first-order valence-electron chi connectivity index (χ1n) is 5.62. The summed E-state index contributed by atoms with van der Waals surface area (Å²) in [6.45, 7) is 0. The zero-order valence-corrected chi connectivity index (χ0v) is 13.7. The van der Waals surface area contributed by atoms with E-state index >= 15 is 0 Å². The average molecular weight is 380 g/mol. The second-order valence-electron chi connectivity index (χ2n) is 4.18. The first-order valence-corrected chi connectivity index (χ1v) is 7.55. The van der Waals surface area contributed by atoms with Crippen LogP contribution in [0.15, 0.2) is 40.9 Å². The number of benzene rings is 2. The molecule has 0 amide bonds. The van der Waals surface area contributed by atoms with Crippen molar-refractivity contribution in [3.05, 3.63) is 67.1 Å². The highest BCUT2D eigenvalue weighted by Crippen LogP contribution is 2.31. The fourth-order valence-electron chi connectivity index (χ4n) is 1.86. The summed E-state index contributed by atoms with van der Waals surface area (Å²) in [5, 5.41) is 1.93. The van der Waals surface area contributed by atoms with Crippen LogP contribution in [0.4, 0.5) is 0 Å². The Bertz CT molecular complexity index is 581. The van der Waals surface area contributed by atoms with Crippen LogP contribution in [-0.2, 0) is 6.42 Å². The number of hydrogen-bond donors (Lipinski definition) is 1. The van der Waals surface area contributed by atoms with Gasteiger partial charge < -0.3 is 5.73 Å². The molecule has 0 bridgehead atoms. The van der Waals surface area contributed by atoms with Crippen molar-refractivity contribution in [2.75, 3.05) is 0 Å². The molecule has 0 saturated heterocycles. The van der Waals surface area contributed by atoms with Crippen LogP contribution >= 0.6 is 50.7 Å². The van der Waals surface area contributed by atoms with Crippen LogP contribution in [0.25, 0.3) is 0 Å². The number of rotatable bonds is 3. The quantitative estimate of drug-likeness (QED) is 0.732. The lowest BCUT2D eigenvalue weighted by atomic mass is 9.99. The molecule has 2 N–H and O–H groups in total. The summed E-state index contributed by atoms with van der Waals surface area (Å²) >= 11 is 21.7. The largest absolute Gasteiger partial charge is 0.324 e. The van der Waals surface area contributed by atoms with E-state index in [-0.39, 0.29) is 6.04 Å². The molecule has 0 spiro atoms. The lowest BCUT2D eigenvalue weighted by Gasteiger charge is -2.16. The van der Waals surface area contributed by atoms with E-state index in [2.05, 4.69) is 15.9 Å². The Morgan fingerprint density at radius 3 is 2.26 bits per heavy atom. The Morgan fingerprint density at radius 1 is 1.05 bits per heavy atom. The molecule has 2 aromatic rings. The predicted octanol–water partition coefficient (Wildman–Crippen LogP) is 5.65. The van der Waals surface area contributed by atoms with E-state index in [1.165, 1.54) is 0 Å². The highest BCUT2D eigenvalue weighted by atomic mass is 79.9. The van der Waals surface area contributed by atoms with Crippen LogP contribution in [0.1, 0.15) is 17.2 Å². The Balaban J connectivity index is 2.28. The molecule has 0 heterocycles. The predicted molar refractivity (Wildman–Crippen MR) is 86.2 cm³/mol. The number of halogens is 4. The molecule has 2 rings (SSSR count). The SMILES string of the molecule is NC(Cc1c(Cl)cccc1Cl)c1ccc(Cl)cc1Br. The summed E-state index contributed by atoms with van der Waals surface area (Å²) in [5.74, 6) is 0. The fraction of sp³-hybridized carbons (Fsp3) is 0.143. The maximum absolute atomic E-state index is 6.23. The third kappa shape index (κ3) is 3.65. The van der Waals surface area contributed by atoms with Gasteiger partial charge in [0.2, 0.25) is 0 Å². The maximum Gasteiger partial charge on any atom is 0.0453 e. The molecule has 1 unspecified atom stereocenters. The van der Waals surface area contributed by atoms with Crippen molar-refractivity contribution >= 4 is 50.7 Å². The molecule has 0 saturated carbocycles. The molecule has 1 atom stereocenters. The van der Waals surface area contributed by atoms with Gasteiger partial charge >= 0.3 is 0 Å². The number of nitrogens with two attached hydrogens (primary N) is 1. The van der Waals surface area contributed by atoms with Crippen LogP contribution < -0.4 is 5.73 Å². The summed E-state index contributed by atoms with van der Waals surface area (Å²) in [7, 11) is 0. The normalized spacial score (nSPS) is 12.5. The molecule has 0 fully saturated rings. The molecule has 0 radical (unpaired) electrons. The molecule has 0 aliphatic rings. The summed E-state index contributed by atoms with van der Waals surface area (Å²) in [6, 6.07) is 10.8. The molecule has 5 heteroatoms. The first-order chi connectivity index (χ1) is 8.99.